The molecule has 1 aromatic carbocycles. The fraction of sp³-hybridized carbons (Fsp3) is 0.333. The third-order valence-corrected chi connectivity index (χ3v) is 2.84. The Balaban J connectivity index is 2.83. The normalized spacial score (nSPS) is 10.9. The molecule has 0 aliphatic rings. The number of H-pyrrole nitrogens is 2. The van der Waals surface area contributed by atoms with Crippen molar-refractivity contribution in [3.8, 4) is 0 Å². The van der Waals surface area contributed by atoms with E-state index in [-0.39, 0.29) is 0 Å². The summed E-state index contributed by atoms with van der Waals surface area (Å²) in [5.74, 6) is 0. The Morgan fingerprint density at radius 3 is 2.53 bits per heavy atom. The van der Waals surface area contributed by atoms with Gasteiger partial charge in [-0.2, -0.15) is 0 Å². The van der Waals surface area contributed by atoms with E-state index in [9.17, 15) is 9.59 Å². The summed E-state index contributed by atoms with van der Waals surface area (Å²) < 4.78 is 0. The van der Waals surface area contributed by atoms with Crippen LogP contribution in [0.25, 0.3) is 11.0 Å². The predicted molar refractivity (Wildman–Crippen MR) is 67.3 cm³/mol. The molecule has 0 bridgehead atoms. The van der Waals surface area contributed by atoms with Crippen LogP contribution in [0.1, 0.15) is 18.1 Å². The molecule has 90 valence electrons. The van der Waals surface area contributed by atoms with Gasteiger partial charge in [0.1, 0.15) is 0 Å². The number of benzene rings is 1. The van der Waals surface area contributed by atoms with E-state index in [0.717, 1.165) is 17.5 Å². The molecule has 0 atom stereocenters. The van der Waals surface area contributed by atoms with Crippen LogP contribution in [-0.4, -0.2) is 17.0 Å². The summed E-state index contributed by atoms with van der Waals surface area (Å²) in [4.78, 5) is 27.8. The summed E-state index contributed by atoms with van der Waals surface area (Å²) in [5, 5.41) is 3.07. The number of hydrogen-bond acceptors (Lipinski definition) is 3. The van der Waals surface area contributed by atoms with Crippen LogP contribution in [0.4, 0.5) is 0 Å². The van der Waals surface area contributed by atoms with Crippen molar-refractivity contribution < 1.29 is 0 Å². The zero-order valence-corrected chi connectivity index (χ0v) is 9.89. The van der Waals surface area contributed by atoms with Crippen molar-refractivity contribution in [2.75, 3.05) is 7.05 Å². The lowest BCUT2D eigenvalue weighted by molar-refractivity contribution is 0.809. The van der Waals surface area contributed by atoms with Crippen LogP contribution in [0.5, 0.6) is 0 Å². The Bertz CT molecular complexity index is 655. The molecule has 17 heavy (non-hydrogen) atoms. The average molecular weight is 233 g/mol. The van der Waals surface area contributed by atoms with E-state index < -0.39 is 11.1 Å². The molecule has 0 fully saturated rings. The van der Waals surface area contributed by atoms with Gasteiger partial charge in [-0.05, 0) is 30.7 Å². The van der Waals surface area contributed by atoms with E-state index in [1.807, 2.05) is 19.2 Å². The van der Waals surface area contributed by atoms with Crippen molar-refractivity contribution >= 4 is 11.0 Å². The number of aromatic amines is 2. The average Bonchev–Trinajstić information content (AvgIpc) is 2.32. The van der Waals surface area contributed by atoms with Crippen LogP contribution in [0.15, 0.2) is 21.7 Å². The molecule has 0 aliphatic heterocycles. The fourth-order valence-corrected chi connectivity index (χ4v) is 2.00. The van der Waals surface area contributed by atoms with Gasteiger partial charge in [-0.25, -0.2) is 0 Å². The standard InChI is InChI=1S/C12H15N3O2/c1-3-7-4-5-9-10(8(7)6-13-2)15-12(17)11(16)14-9/h4-5,13H,3,6H2,1-2H3,(H,14,16)(H,15,17). The molecular weight excluding hydrogens is 218 g/mol. The minimum atomic E-state index is -0.614. The van der Waals surface area contributed by atoms with Crippen molar-refractivity contribution in [1.82, 2.24) is 15.3 Å². The monoisotopic (exact) mass is 233 g/mol. The molecule has 2 aromatic rings. The highest BCUT2D eigenvalue weighted by molar-refractivity contribution is 5.78. The summed E-state index contributed by atoms with van der Waals surface area (Å²) in [6, 6.07) is 3.80. The van der Waals surface area contributed by atoms with Crippen molar-refractivity contribution in [3.05, 3.63) is 44.0 Å². The Labute approximate surface area is 97.9 Å². The number of rotatable bonds is 3. The SMILES string of the molecule is CCc1ccc2[nH]c(=O)c(=O)[nH]c2c1CNC. The largest absolute Gasteiger partial charge is 0.316 e. The Hall–Kier alpha value is -1.88. The third-order valence-electron chi connectivity index (χ3n) is 2.84. The number of nitrogens with one attached hydrogen (secondary N) is 3. The Kier molecular flexibility index (Phi) is 3.10. The van der Waals surface area contributed by atoms with E-state index in [1.54, 1.807) is 0 Å². The van der Waals surface area contributed by atoms with Crippen LogP contribution in [0, 0.1) is 0 Å². The number of aryl methyl sites for hydroxylation is 1. The second-order valence-electron chi connectivity index (χ2n) is 3.92. The third kappa shape index (κ3) is 2.01. The maximum Gasteiger partial charge on any atom is 0.314 e. The molecule has 0 aliphatic carbocycles. The van der Waals surface area contributed by atoms with Gasteiger partial charge >= 0.3 is 11.1 Å². The molecule has 0 unspecified atom stereocenters. The molecule has 5 nitrogen and oxygen atoms in total. The highest BCUT2D eigenvalue weighted by Gasteiger charge is 2.08. The molecule has 3 N–H and O–H groups in total. The smallest absolute Gasteiger partial charge is 0.314 e. The molecule has 5 heteroatoms. The van der Waals surface area contributed by atoms with E-state index in [0.29, 0.717) is 17.6 Å². The number of aromatic nitrogens is 2. The lowest BCUT2D eigenvalue weighted by atomic mass is 10.0. The molecule has 1 heterocycles. The number of fused-ring (bicyclic) bond motifs is 1. The zero-order valence-electron chi connectivity index (χ0n) is 9.89. The highest BCUT2D eigenvalue weighted by atomic mass is 16.2. The summed E-state index contributed by atoms with van der Waals surface area (Å²) in [6.07, 6.45) is 0.883. The van der Waals surface area contributed by atoms with Crippen molar-refractivity contribution in [1.29, 1.82) is 0 Å². The molecule has 1 aromatic heterocycles. The van der Waals surface area contributed by atoms with Crippen LogP contribution in [0.3, 0.4) is 0 Å². The van der Waals surface area contributed by atoms with Gasteiger partial charge in [-0.3, -0.25) is 9.59 Å². The van der Waals surface area contributed by atoms with E-state index >= 15 is 0 Å². The molecule has 2 rings (SSSR count). The molecule has 0 saturated heterocycles. The highest BCUT2D eigenvalue weighted by Crippen LogP contribution is 2.18. The van der Waals surface area contributed by atoms with Crippen molar-refractivity contribution in [2.24, 2.45) is 0 Å². The topological polar surface area (TPSA) is 77.8 Å². The van der Waals surface area contributed by atoms with Crippen LogP contribution < -0.4 is 16.4 Å². The molecule has 0 radical (unpaired) electrons. The maximum atomic E-state index is 11.4. The summed E-state index contributed by atoms with van der Waals surface area (Å²) >= 11 is 0. The first-order valence-electron chi connectivity index (χ1n) is 5.59. The predicted octanol–water partition coefficient (Wildman–Crippen LogP) is 0.498. The van der Waals surface area contributed by atoms with Gasteiger partial charge in [0.05, 0.1) is 11.0 Å². The number of hydrogen-bond donors (Lipinski definition) is 3. The summed E-state index contributed by atoms with van der Waals surface area (Å²) in [5.41, 5.74) is 2.34. The van der Waals surface area contributed by atoms with Crippen LogP contribution in [-0.2, 0) is 13.0 Å². The van der Waals surface area contributed by atoms with Gasteiger partial charge in [0.2, 0.25) is 0 Å². The molecule has 0 spiro atoms. The van der Waals surface area contributed by atoms with Gasteiger partial charge in [-0.1, -0.05) is 13.0 Å². The lowest BCUT2D eigenvalue weighted by Gasteiger charge is -2.10. The Morgan fingerprint density at radius 1 is 1.18 bits per heavy atom. The van der Waals surface area contributed by atoms with Crippen LogP contribution >= 0.6 is 0 Å². The summed E-state index contributed by atoms with van der Waals surface area (Å²) in [6.45, 7) is 2.71. The van der Waals surface area contributed by atoms with Gasteiger partial charge < -0.3 is 15.3 Å². The van der Waals surface area contributed by atoms with Gasteiger partial charge in [-0.15, -0.1) is 0 Å². The first kappa shape index (κ1) is 11.6. The minimum absolute atomic E-state index is 0.608. The quantitative estimate of drug-likeness (QED) is 0.675. The first-order valence-corrected chi connectivity index (χ1v) is 5.59. The van der Waals surface area contributed by atoms with Gasteiger partial charge in [0.15, 0.2) is 0 Å². The van der Waals surface area contributed by atoms with Crippen LogP contribution in [0.2, 0.25) is 0 Å². The minimum Gasteiger partial charge on any atom is -0.316 e. The van der Waals surface area contributed by atoms with E-state index in [4.69, 9.17) is 0 Å². The molecule has 0 saturated carbocycles. The molecule has 0 amide bonds. The fourth-order valence-electron chi connectivity index (χ4n) is 2.00. The van der Waals surface area contributed by atoms with E-state index in [1.165, 1.54) is 0 Å². The lowest BCUT2D eigenvalue weighted by Crippen LogP contribution is -2.29. The Morgan fingerprint density at radius 2 is 1.88 bits per heavy atom. The van der Waals surface area contributed by atoms with Gasteiger partial charge in [0, 0.05) is 6.54 Å². The molecular formula is C12H15N3O2. The summed E-state index contributed by atoms with van der Waals surface area (Å²) in [7, 11) is 1.85. The first-order chi connectivity index (χ1) is 8.17. The zero-order chi connectivity index (χ0) is 12.4. The van der Waals surface area contributed by atoms with E-state index in [2.05, 4.69) is 22.2 Å². The maximum absolute atomic E-state index is 11.4. The van der Waals surface area contributed by atoms with Crippen molar-refractivity contribution in [3.63, 3.8) is 0 Å². The van der Waals surface area contributed by atoms with Gasteiger partial charge in [0.25, 0.3) is 0 Å². The second kappa shape index (κ2) is 4.55. The van der Waals surface area contributed by atoms with Crippen molar-refractivity contribution in [2.45, 2.75) is 19.9 Å². The second-order valence-corrected chi connectivity index (χ2v) is 3.92.